The van der Waals surface area contributed by atoms with Crippen LogP contribution in [-0.4, -0.2) is 188 Å². The molecule has 2 aromatic carbocycles. The number of carbonyl (C=O) groups is 6. The summed E-state index contributed by atoms with van der Waals surface area (Å²) in [6, 6.07) is 10.8. The summed E-state index contributed by atoms with van der Waals surface area (Å²) in [5.74, 6) is -1.11. The molecule has 1 N–H and O–H groups in total. The SMILES string of the molecule is CC(=O)OCC(=O)Cl.CC(=O)OCC(=O)N1CCN(C(=O)Cc2ccc(Cl)c(Cl)c2)[C@H]2[C@H]1COC[C@@H]2N1CCCC1.O=C(Cc1ccc(Cl)c(Cl)c1)N1CCN[C@@H]2COC[C@H](N3CCCC3)[C@H]21. The molecule has 2 aromatic rings. The van der Waals surface area contributed by atoms with E-state index in [1.165, 1.54) is 26.7 Å². The standard InChI is InChI=1S/C23H29Cl2N3O5.C19H25Cl2N3O2.C4H5ClO3/c1-15(29)33-14-22(31)27-8-9-28(21(30)11-16-4-5-17(24)18(25)10-16)23-19(12-32-13-20(23)27)26-6-2-3-7-26;20-14-4-3-13(9-15(14)21)10-18(25)24-8-5-22-16-11-26-12-17(19(16)24)23-6-1-2-7-23;1-3(6)8-2-4(5)7/h4-5,10,19-20,23H,2-3,6-9,11-14H2,1H3;3-4,9,16-17,19,22H,1-2,5-8,10-12H2;2H2,1H3/t19-,20+,23+;16-,17+,19+;/m01./s1. The summed E-state index contributed by atoms with van der Waals surface area (Å²) in [7, 11) is 0. The lowest BCUT2D eigenvalue weighted by Gasteiger charge is -2.54. The molecule has 0 spiro atoms. The predicted octanol–water partition coefficient (Wildman–Crippen LogP) is 4.52. The van der Waals surface area contributed by atoms with Crippen molar-refractivity contribution in [2.45, 2.75) is 88.6 Å². The number of piperazine rings is 2. The van der Waals surface area contributed by atoms with Gasteiger partial charge in [0.05, 0.1) is 95.6 Å². The Hall–Kier alpha value is -3.29. The van der Waals surface area contributed by atoms with Crippen LogP contribution in [-0.2, 0) is 60.6 Å². The van der Waals surface area contributed by atoms with Gasteiger partial charge in [-0.2, -0.15) is 0 Å². The van der Waals surface area contributed by atoms with E-state index in [0.717, 1.165) is 63.2 Å². The summed E-state index contributed by atoms with van der Waals surface area (Å²) < 4.78 is 20.9. The number of nitrogens with zero attached hydrogens (tertiary/aromatic N) is 5. The molecule has 6 aliphatic rings. The van der Waals surface area contributed by atoms with Gasteiger partial charge in [-0.05, 0) is 98.9 Å². The number of amides is 3. The summed E-state index contributed by atoms with van der Waals surface area (Å²) in [5.41, 5.74) is 1.70. The summed E-state index contributed by atoms with van der Waals surface area (Å²) in [5, 5.41) is 4.77. The minimum Gasteiger partial charge on any atom is -0.456 e. The molecule has 16 nitrogen and oxygen atoms in total. The van der Waals surface area contributed by atoms with Crippen molar-refractivity contribution >= 4 is 92.9 Å². The maximum absolute atomic E-state index is 13.5. The number of ether oxygens (including phenoxy) is 4. The Morgan fingerprint density at radius 3 is 1.52 bits per heavy atom. The second-order valence-electron chi connectivity index (χ2n) is 17.3. The van der Waals surface area contributed by atoms with Gasteiger partial charge in [0.15, 0.2) is 13.2 Å². The summed E-state index contributed by atoms with van der Waals surface area (Å²) in [6.07, 6.45) is 5.25. The van der Waals surface area contributed by atoms with Crippen molar-refractivity contribution < 1.29 is 47.7 Å². The van der Waals surface area contributed by atoms with Gasteiger partial charge in [-0.3, -0.25) is 38.6 Å². The van der Waals surface area contributed by atoms with Crippen LogP contribution in [0.4, 0.5) is 0 Å². The summed E-state index contributed by atoms with van der Waals surface area (Å²) in [4.78, 5) is 81.0. The minimum absolute atomic E-state index is 0.00771. The molecule has 21 heteroatoms. The van der Waals surface area contributed by atoms with Crippen molar-refractivity contribution in [2.24, 2.45) is 0 Å². The second kappa shape index (κ2) is 25.5. The van der Waals surface area contributed by atoms with E-state index in [9.17, 15) is 28.8 Å². The van der Waals surface area contributed by atoms with Crippen molar-refractivity contribution in [3.8, 4) is 0 Å². The first-order chi connectivity index (χ1) is 32.1. The molecule has 6 atom stereocenters. The van der Waals surface area contributed by atoms with Gasteiger partial charge >= 0.3 is 11.9 Å². The summed E-state index contributed by atoms with van der Waals surface area (Å²) in [6.45, 7) is 10.5. The first kappa shape index (κ1) is 53.1. The average molecular weight is 1030 g/mol. The van der Waals surface area contributed by atoms with Crippen molar-refractivity contribution in [3.63, 3.8) is 0 Å². The van der Waals surface area contributed by atoms with Gasteiger partial charge in [-0.1, -0.05) is 58.5 Å². The van der Waals surface area contributed by atoms with Crippen LogP contribution in [0, 0.1) is 0 Å². The zero-order valence-electron chi connectivity index (χ0n) is 37.8. The number of hydrogen-bond donors (Lipinski definition) is 1. The monoisotopic (exact) mass is 1030 g/mol. The van der Waals surface area contributed by atoms with E-state index < -0.39 is 17.2 Å². The third-order valence-electron chi connectivity index (χ3n) is 12.9. The van der Waals surface area contributed by atoms with Crippen LogP contribution in [0.25, 0.3) is 0 Å². The number of esters is 2. The topological polar surface area (TPSA) is 168 Å². The van der Waals surface area contributed by atoms with Crippen LogP contribution in [0.15, 0.2) is 36.4 Å². The van der Waals surface area contributed by atoms with Crippen molar-refractivity contribution in [1.82, 2.24) is 29.8 Å². The fourth-order valence-electron chi connectivity index (χ4n) is 9.83. The smallest absolute Gasteiger partial charge is 0.303 e. The molecule has 0 radical (unpaired) electrons. The summed E-state index contributed by atoms with van der Waals surface area (Å²) >= 11 is 29.1. The van der Waals surface area contributed by atoms with E-state index in [4.69, 9.17) is 72.2 Å². The normalized spacial score (nSPS) is 25.1. The van der Waals surface area contributed by atoms with Crippen LogP contribution >= 0.6 is 58.0 Å². The van der Waals surface area contributed by atoms with Crippen molar-refractivity contribution in [3.05, 3.63) is 67.6 Å². The number of nitrogens with one attached hydrogen (secondary N) is 1. The Morgan fingerprint density at radius 2 is 1.03 bits per heavy atom. The van der Waals surface area contributed by atoms with Crippen molar-refractivity contribution in [1.29, 1.82) is 0 Å². The fourth-order valence-corrected chi connectivity index (χ4v) is 10.5. The van der Waals surface area contributed by atoms with Crippen LogP contribution in [0.1, 0.15) is 50.7 Å². The Kier molecular flexibility index (Phi) is 20.2. The van der Waals surface area contributed by atoms with Crippen molar-refractivity contribution in [2.75, 3.05) is 92.0 Å². The molecule has 0 aliphatic carbocycles. The molecule has 6 aliphatic heterocycles. The van der Waals surface area contributed by atoms with Gasteiger partial charge in [-0.15, -0.1) is 0 Å². The van der Waals surface area contributed by atoms with E-state index in [-0.39, 0.29) is 73.6 Å². The van der Waals surface area contributed by atoms with Gasteiger partial charge in [0, 0.05) is 40.0 Å². The molecule has 0 unspecified atom stereocenters. The zero-order valence-corrected chi connectivity index (χ0v) is 41.6. The van der Waals surface area contributed by atoms with E-state index in [2.05, 4.69) is 24.8 Å². The number of fused-ring (bicyclic) bond motifs is 2. The molecular formula is C46H59Cl5N6O10. The molecule has 8 rings (SSSR count). The number of carbonyl (C=O) groups excluding carboxylic acids is 6. The van der Waals surface area contributed by atoms with E-state index >= 15 is 0 Å². The molecule has 0 bridgehead atoms. The lowest BCUT2D eigenvalue weighted by Crippen LogP contribution is -2.72. The average Bonchev–Trinajstić information content (AvgIpc) is 4.06. The Balaban J connectivity index is 0.000000194. The lowest BCUT2D eigenvalue weighted by molar-refractivity contribution is -0.167. The van der Waals surface area contributed by atoms with E-state index in [1.807, 2.05) is 17.0 Å². The lowest BCUT2D eigenvalue weighted by atomic mass is 9.90. The van der Waals surface area contributed by atoms with Gasteiger partial charge < -0.3 is 39.0 Å². The van der Waals surface area contributed by atoms with E-state index in [1.54, 1.807) is 29.2 Å². The molecule has 67 heavy (non-hydrogen) atoms. The molecule has 0 aromatic heterocycles. The molecule has 6 fully saturated rings. The predicted molar refractivity (Wildman–Crippen MR) is 254 cm³/mol. The number of halogens is 5. The van der Waals surface area contributed by atoms with Crippen LogP contribution in [0.5, 0.6) is 0 Å². The quantitative estimate of drug-likeness (QED) is 0.261. The highest BCUT2D eigenvalue weighted by Gasteiger charge is 2.49. The maximum atomic E-state index is 13.5. The third kappa shape index (κ3) is 14.6. The largest absolute Gasteiger partial charge is 0.456 e. The van der Waals surface area contributed by atoms with Gasteiger partial charge in [0.1, 0.15) is 0 Å². The highest BCUT2D eigenvalue weighted by atomic mass is 35.5. The first-order valence-electron chi connectivity index (χ1n) is 22.7. The number of hydrogen-bond acceptors (Lipinski definition) is 13. The highest BCUT2D eigenvalue weighted by Crippen LogP contribution is 2.32. The number of rotatable bonds is 10. The molecule has 0 saturated carbocycles. The van der Waals surface area contributed by atoms with Gasteiger partial charge in [0.25, 0.3) is 11.1 Å². The molecule has 368 valence electrons. The Labute approximate surface area is 416 Å². The maximum Gasteiger partial charge on any atom is 0.303 e. The first-order valence-corrected chi connectivity index (χ1v) is 24.6. The zero-order chi connectivity index (χ0) is 48.2. The molecular weight excluding hydrogens is 974 g/mol. The highest BCUT2D eigenvalue weighted by molar-refractivity contribution is 6.64. The van der Waals surface area contributed by atoms with Crippen LogP contribution < -0.4 is 5.32 Å². The number of likely N-dealkylation sites (tertiary alicyclic amines) is 2. The van der Waals surface area contributed by atoms with Gasteiger partial charge in [-0.25, -0.2) is 0 Å². The molecule has 3 amide bonds. The number of benzene rings is 2. The Bertz CT molecular complexity index is 2060. The van der Waals surface area contributed by atoms with E-state index in [0.29, 0.717) is 66.0 Å². The third-order valence-corrected chi connectivity index (χ3v) is 14.5. The van der Waals surface area contributed by atoms with Gasteiger partial charge in [0.2, 0.25) is 11.8 Å². The fraction of sp³-hybridized carbons (Fsp3) is 0.609. The molecule has 6 saturated heterocycles. The van der Waals surface area contributed by atoms with Crippen LogP contribution in [0.2, 0.25) is 20.1 Å². The minimum atomic E-state index is -0.666. The Morgan fingerprint density at radius 1 is 0.567 bits per heavy atom. The van der Waals surface area contributed by atoms with Crippen LogP contribution in [0.3, 0.4) is 0 Å². The molecule has 6 heterocycles. The second-order valence-corrected chi connectivity index (χ2v) is 19.4.